The lowest BCUT2D eigenvalue weighted by molar-refractivity contribution is 0.0574. The molecule has 0 saturated heterocycles. The summed E-state index contributed by atoms with van der Waals surface area (Å²) in [7, 11) is 0. The summed E-state index contributed by atoms with van der Waals surface area (Å²) in [6.45, 7) is 5.87. The SMILES string of the molecule is Cc1nc(-c2ccn[nH]2)c2c(n1)[C@H](C)N(C(=O)c1ccc(Cl)cc1Cl)[C@H](C)C2. The number of hydrogen-bond acceptors (Lipinski definition) is 4. The van der Waals surface area contributed by atoms with Gasteiger partial charge in [-0.1, -0.05) is 23.2 Å². The second-order valence-corrected chi connectivity index (χ2v) is 7.86. The van der Waals surface area contributed by atoms with Crippen LogP contribution in [0.2, 0.25) is 10.0 Å². The van der Waals surface area contributed by atoms with Gasteiger partial charge < -0.3 is 4.90 Å². The van der Waals surface area contributed by atoms with Crippen molar-refractivity contribution in [3.63, 3.8) is 0 Å². The van der Waals surface area contributed by atoms with Gasteiger partial charge in [0, 0.05) is 22.8 Å². The van der Waals surface area contributed by atoms with E-state index in [4.69, 9.17) is 23.2 Å². The van der Waals surface area contributed by atoms with Gasteiger partial charge in [-0.05, 0) is 51.5 Å². The third-order valence-corrected chi connectivity index (χ3v) is 5.64. The Kier molecular flexibility index (Phi) is 4.85. The molecule has 8 heteroatoms. The van der Waals surface area contributed by atoms with E-state index in [1.165, 1.54) is 0 Å². The zero-order valence-corrected chi connectivity index (χ0v) is 17.2. The number of carbonyl (C=O) groups is 1. The predicted molar refractivity (Wildman–Crippen MR) is 109 cm³/mol. The van der Waals surface area contributed by atoms with Crippen LogP contribution in [0.3, 0.4) is 0 Å². The zero-order valence-electron chi connectivity index (χ0n) is 15.7. The molecule has 0 radical (unpaired) electrons. The third kappa shape index (κ3) is 3.16. The fourth-order valence-corrected chi connectivity index (χ4v) is 4.35. The summed E-state index contributed by atoms with van der Waals surface area (Å²) >= 11 is 12.3. The minimum absolute atomic E-state index is 0.0466. The van der Waals surface area contributed by atoms with E-state index in [-0.39, 0.29) is 18.0 Å². The minimum atomic E-state index is -0.221. The first-order valence-electron chi connectivity index (χ1n) is 9.01. The van der Waals surface area contributed by atoms with Crippen LogP contribution < -0.4 is 0 Å². The molecule has 0 fully saturated rings. The number of amides is 1. The molecule has 0 saturated carbocycles. The molecule has 4 rings (SSSR count). The summed E-state index contributed by atoms with van der Waals surface area (Å²) in [5.74, 6) is 0.522. The number of carbonyl (C=O) groups excluding carboxylic acids is 1. The van der Waals surface area contributed by atoms with Crippen LogP contribution in [0.25, 0.3) is 11.4 Å². The summed E-state index contributed by atoms with van der Waals surface area (Å²) in [4.78, 5) is 24.4. The van der Waals surface area contributed by atoms with Crippen LogP contribution in [-0.4, -0.2) is 37.0 Å². The zero-order chi connectivity index (χ0) is 20.0. The Balaban J connectivity index is 1.78. The number of aryl methyl sites for hydroxylation is 1. The van der Waals surface area contributed by atoms with Crippen LogP contribution in [-0.2, 0) is 6.42 Å². The maximum atomic E-state index is 13.3. The van der Waals surface area contributed by atoms with Gasteiger partial charge in [0.25, 0.3) is 5.91 Å². The Morgan fingerprint density at radius 1 is 1.21 bits per heavy atom. The monoisotopic (exact) mass is 415 g/mol. The average Bonchev–Trinajstić information content (AvgIpc) is 3.16. The average molecular weight is 416 g/mol. The Hall–Kier alpha value is -2.44. The maximum absolute atomic E-state index is 13.3. The molecule has 1 aliphatic rings. The van der Waals surface area contributed by atoms with Crippen LogP contribution in [0.5, 0.6) is 0 Å². The molecular formula is C20H19Cl2N5O. The highest BCUT2D eigenvalue weighted by molar-refractivity contribution is 6.36. The molecule has 1 aliphatic heterocycles. The van der Waals surface area contributed by atoms with E-state index < -0.39 is 0 Å². The van der Waals surface area contributed by atoms with Gasteiger partial charge in [-0.3, -0.25) is 9.89 Å². The Morgan fingerprint density at radius 3 is 2.68 bits per heavy atom. The van der Waals surface area contributed by atoms with E-state index in [2.05, 4.69) is 20.2 Å². The van der Waals surface area contributed by atoms with Crippen molar-refractivity contribution >= 4 is 29.1 Å². The summed E-state index contributed by atoms with van der Waals surface area (Å²) < 4.78 is 0. The van der Waals surface area contributed by atoms with Gasteiger partial charge in [0.05, 0.1) is 33.7 Å². The molecule has 28 heavy (non-hydrogen) atoms. The molecule has 1 N–H and O–H groups in total. The number of benzene rings is 1. The van der Waals surface area contributed by atoms with E-state index in [1.54, 1.807) is 24.4 Å². The molecule has 0 aliphatic carbocycles. The number of aromatic nitrogens is 4. The molecule has 0 unspecified atom stereocenters. The summed E-state index contributed by atoms with van der Waals surface area (Å²) in [6, 6.07) is 6.56. The van der Waals surface area contributed by atoms with Gasteiger partial charge in [0.1, 0.15) is 5.82 Å². The second kappa shape index (κ2) is 7.18. The Bertz CT molecular complexity index is 1050. The number of H-pyrrole nitrogens is 1. The molecule has 3 aromatic rings. The number of hydrogen-bond donors (Lipinski definition) is 1. The first-order valence-corrected chi connectivity index (χ1v) is 9.77. The lowest BCUT2D eigenvalue weighted by Crippen LogP contribution is -2.45. The summed E-state index contributed by atoms with van der Waals surface area (Å²) in [6.07, 6.45) is 2.35. The normalized spacial score (nSPS) is 18.8. The van der Waals surface area contributed by atoms with Crippen molar-refractivity contribution in [3.05, 3.63) is 63.2 Å². The number of nitrogens with one attached hydrogen (secondary N) is 1. The van der Waals surface area contributed by atoms with Gasteiger partial charge in [0.2, 0.25) is 0 Å². The highest BCUT2D eigenvalue weighted by atomic mass is 35.5. The number of halogens is 2. The maximum Gasteiger partial charge on any atom is 0.256 e. The molecule has 2 aromatic heterocycles. The predicted octanol–water partition coefficient (Wildman–Crippen LogP) is 4.63. The Morgan fingerprint density at radius 2 is 2.00 bits per heavy atom. The van der Waals surface area contributed by atoms with E-state index in [0.717, 1.165) is 22.6 Å². The van der Waals surface area contributed by atoms with Gasteiger partial charge in [-0.2, -0.15) is 5.10 Å². The molecule has 1 amide bonds. The van der Waals surface area contributed by atoms with Crippen molar-refractivity contribution in [2.24, 2.45) is 0 Å². The van der Waals surface area contributed by atoms with Gasteiger partial charge >= 0.3 is 0 Å². The molecule has 3 heterocycles. The van der Waals surface area contributed by atoms with Crippen molar-refractivity contribution in [2.45, 2.75) is 39.3 Å². The van der Waals surface area contributed by atoms with Crippen molar-refractivity contribution in [1.29, 1.82) is 0 Å². The topological polar surface area (TPSA) is 74.8 Å². The lowest BCUT2D eigenvalue weighted by atomic mass is 9.90. The van der Waals surface area contributed by atoms with Crippen LogP contribution in [0.4, 0.5) is 0 Å². The van der Waals surface area contributed by atoms with Crippen LogP contribution >= 0.6 is 23.2 Å². The van der Waals surface area contributed by atoms with Crippen molar-refractivity contribution < 1.29 is 4.79 Å². The van der Waals surface area contributed by atoms with Crippen LogP contribution in [0.15, 0.2) is 30.5 Å². The number of aromatic amines is 1. The first kappa shape index (κ1) is 18.9. The third-order valence-electron chi connectivity index (χ3n) is 5.09. The van der Waals surface area contributed by atoms with Gasteiger partial charge in [-0.25, -0.2) is 9.97 Å². The highest BCUT2D eigenvalue weighted by Gasteiger charge is 2.37. The fraction of sp³-hybridized carbons (Fsp3) is 0.300. The molecule has 6 nitrogen and oxygen atoms in total. The first-order chi connectivity index (χ1) is 13.4. The molecule has 144 valence electrons. The fourth-order valence-electron chi connectivity index (χ4n) is 3.86. The van der Waals surface area contributed by atoms with Gasteiger partial charge in [-0.15, -0.1) is 0 Å². The van der Waals surface area contributed by atoms with Crippen molar-refractivity contribution in [1.82, 2.24) is 25.1 Å². The van der Waals surface area contributed by atoms with Gasteiger partial charge in [0.15, 0.2) is 0 Å². The van der Waals surface area contributed by atoms with Crippen molar-refractivity contribution in [2.75, 3.05) is 0 Å². The standard InChI is InChI=1S/C20H19Cl2N5O/c1-10-8-15-18(24-12(3)25-19(15)17-6-7-23-26-17)11(2)27(10)20(28)14-5-4-13(21)9-16(14)22/h4-7,9-11H,8H2,1-3H3,(H,23,26)/t10-,11+/m1/s1. The summed E-state index contributed by atoms with van der Waals surface area (Å²) in [5, 5.41) is 7.87. The van der Waals surface area contributed by atoms with Crippen LogP contribution in [0, 0.1) is 6.92 Å². The summed E-state index contributed by atoms with van der Waals surface area (Å²) in [5.41, 5.74) is 4.03. The van der Waals surface area contributed by atoms with E-state index >= 15 is 0 Å². The molecule has 0 bridgehead atoms. The highest BCUT2D eigenvalue weighted by Crippen LogP contribution is 2.37. The number of fused-ring (bicyclic) bond motifs is 1. The number of nitrogens with zero attached hydrogens (tertiary/aromatic N) is 4. The van der Waals surface area contributed by atoms with E-state index in [1.807, 2.05) is 31.7 Å². The quantitative estimate of drug-likeness (QED) is 0.661. The van der Waals surface area contributed by atoms with E-state index in [0.29, 0.717) is 27.9 Å². The van der Waals surface area contributed by atoms with Crippen LogP contribution in [0.1, 0.15) is 47.3 Å². The largest absolute Gasteiger partial charge is 0.327 e. The molecule has 1 aromatic carbocycles. The molecular weight excluding hydrogens is 397 g/mol. The number of rotatable bonds is 2. The smallest absolute Gasteiger partial charge is 0.256 e. The van der Waals surface area contributed by atoms with E-state index in [9.17, 15) is 4.79 Å². The van der Waals surface area contributed by atoms with Crippen molar-refractivity contribution in [3.8, 4) is 11.4 Å². The molecule has 0 spiro atoms. The molecule has 2 atom stereocenters. The minimum Gasteiger partial charge on any atom is -0.327 e. The second-order valence-electron chi connectivity index (χ2n) is 7.02. The Labute approximate surface area is 172 Å². The lowest BCUT2D eigenvalue weighted by Gasteiger charge is -2.40.